The van der Waals surface area contributed by atoms with Gasteiger partial charge in [0.15, 0.2) is 0 Å². The number of ether oxygens (including phenoxy) is 1. The molecule has 2 aromatic carbocycles. The third-order valence-electron chi connectivity index (χ3n) is 5.28. The summed E-state index contributed by atoms with van der Waals surface area (Å²) in [5, 5.41) is -0.206. The van der Waals surface area contributed by atoms with E-state index < -0.39 is 39.9 Å². The van der Waals surface area contributed by atoms with Crippen LogP contribution in [-0.4, -0.2) is 65.3 Å². The van der Waals surface area contributed by atoms with Crippen LogP contribution in [0, 0.1) is 0 Å². The van der Waals surface area contributed by atoms with Crippen molar-refractivity contribution in [3.05, 3.63) is 53.1 Å². The molecule has 1 heterocycles. The van der Waals surface area contributed by atoms with Gasteiger partial charge in [-0.1, -0.05) is 23.7 Å². The number of halogens is 4. The van der Waals surface area contributed by atoms with Crippen LogP contribution in [0.5, 0.6) is 5.75 Å². The van der Waals surface area contributed by atoms with Crippen molar-refractivity contribution >= 4 is 38.9 Å². The van der Waals surface area contributed by atoms with Gasteiger partial charge in [0.2, 0.25) is 15.9 Å². The Morgan fingerprint density at radius 1 is 1.12 bits per heavy atom. The molecule has 0 unspecified atom stereocenters. The Hall–Kier alpha value is -2.66. The first-order chi connectivity index (χ1) is 15.4. The number of carbonyl (C=O) groups is 1. The molecule has 1 saturated heterocycles. The van der Waals surface area contributed by atoms with Gasteiger partial charge in [0.1, 0.15) is 12.3 Å². The standard InChI is InChI=1S/C21H23ClF3N3O4S/c1-32-19-6-4-3-5-17(19)26-9-11-27(12-10-26)20(29)14-28(33(2,30)31)18-13-15(21(23,24)25)7-8-16(18)22/h3-8,13H,9-12,14H2,1-2H3. The Balaban J connectivity index is 1.76. The van der Waals surface area contributed by atoms with Crippen molar-refractivity contribution in [1.82, 2.24) is 4.90 Å². The molecule has 0 atom stereocenters. The first kappa shape index (κ1) is 25.0. The van der Waals surface area contributed by atoms with Gasteiger partial charge in [0.25, 0.3) is 0 Å². The largest absolute Gasteiger partial charge is 0.495 e. The molecule has 1 aliphatic heterocycles. The van der Waals surface area contributed by atoms with Gasteiger partial charge in [-0.15, -0.1) is 0 Å². The zero-order valence-electron chi connectivity index (χ0n) is 18.0. The van der Waals surface area contributed by atoms with Crippen molar-refractivity contribution < 1.29 is 31.1 Å². The Labute approximate surface area is 195 Å². The summed E-state index contributed by atoms with van der Waals surface area (Å²) in [7, 11) is -2.53. The van der Waals surface area contributed by atoms with Crippen molar-refractivity contribution in [2.45, 2.75) is 6.18 Å². The van der Waals surface area contributed by atoms with Gasteiger partial charge in [-0.3, -0.25) is 9.10 Å². The third kappa shape index (κ3) is 5.83. The van der Waals surface area contributed by atoms with Crippen LogP contribution in [0.1, 0.15) is 5.56 Å². The Morgan fingerprint density at radius 2 is 1.76 bits per heavy atom. The Bertz CT molecular complexity index is 1120. The number of anilines is 2. The van der Waals surface area contributed by atoms with Crippen LogP contribution < -0.4 is 13.9 Å². The van der Waals surface area contributed by atoms with E-state index in [-0.39, 0.29) is 5.02 Å². The third-order valence-corrected chi connectivity index (χ3v) is 6.73. The zero-order chi connectivity index (χ0) is 24.4. The number of para-hydroxylation sites is 2. The van der Waals surface area contributed by atoms with E-state index in [9.17, 15) is 26.4 Å². The number of piperazine rings is 1. The van der Waals surface area contributed by atoms with Crippen LogP contribution in [0.25, 0.3) is 0 Å². The first-order valence-electron chi connectivity index (χ1n) is 9.92. The number of sulfonamides is 1. The molecule has 0 radical (unpaired) electrons. The highest BCUT2D eigenvalue weighted by atomic mass is 35.5. The molecule has 1 amide bonds. The van der Waals surface area contributed by atoms with Crippen molar-refractivity contribution in [2.75, 3.05) is 55.3 Å². The lowest BCUT2D eigenvalue weighted by Gasteiger charge is -2.37. The summed E-state index contributed by atoms with van der Waals surface area (Å²) in [4.78, 5) is 16.4. The minimum atomic E-state index is -4.69. The van der Waals surface area contributed by atoms with Crippen LogP contribution in [0.4, 0.5) is 24.5 Å². The molecule has 0 aromatic heterocycles. The predicted molar refractivity (Wildman–Crippen MR) is 120 cm³/mol. The first-order valence-corrected chi connectivity index (χ1v) is 12.1. The molecule has 1 aliphatic rings. The highest BCUT2D eigenvalue weighted by Gasteiger charge is 2.34. The van der Waals surface area contributed by atoms with Crippen molar-refractivity contribution in [1.29, 1.82) is 0 Å². The molecular formula is C21H23ClF3N3O4S. The molecule has 7 nitrogen and oxygen atoms in total. The van der Waals surface area contributed by atoms with Crippen LogP contribution in [0.15, 0.2) is 42.5 Å². The lowest BCUT2D eigenvalue weighted by Crippen LogP contribution is -2.52. The van der Waals surface area contributed by atoms with Gasteiger partial charge in [0, 0.05) is 26.2 Å². The van der Waals surface area contributed by atoms with E-state index in [1.54, 1.807) is 7.11 Å². The van der Waals surface area contributed by atoms with Gasteiger partial charge in [-0.05, 0) is 30.3 Å². The number of methoxy groups -OCH3 is 1. The molecule has 0 bridgehead atoms. The summed E-state index contributed by atoms with van der Waals surface area (Å²) in [6, 6.07) is 9.81. The van der Waals surface area contributed by atoms with E-state index >= 15 is 0 Å². The fourth-order valence-corrected chi connectivity index (χ4v) is 4.69. The van der Waals surface area contributed by atoms with Crippen LogP contribution >= 0.6 is 11.6 Å². The van der Waals surface area contributed by atoms with Crippen molar-refractivity contribution in [3.8, 4) is 5.75 Å². The number of benzene rings is 2. The fraction of sp³-hybridized carbons (Fsp3) is 0.381. The maximum absolute atomic E-state index is 13.1. The molecule has 0 N–H and O–H groups in total. The summed E-state index contributed by atoms with van der Waals surface area (Å²) in [6.07, 6.45) is -3.88. The average molecular weight is 506 g/mol. The summed E-state index contributed by atoms with van der Waals surface area (Å²) >= 11 is 6.01. The van der Waals surface area contributed by atoms with Gasteiger partial charge in [-0.25, -0.2) is 8.42 Å². The minimum absolute atomic E-state index is 0.206. The quantitative estimate of drug-likeness (QED) is 0.601. The SMILES string of the molecule is COc1ccccc1N1CCN(C(=O)CN(c2cc(C(F)(F)F)ccc2Cl)S(C)(=O)=O)CC1. The molecule has 3 rings (SSSR count). The summed E-state index contributed by atoms with van der Waals surface area (Å²) < 4.78 is 70.1. The highest BCUT2D eigenvalue weighted by molar-refractivity contribution is 7.92. The fourth-order valence-electron chi connectivity index (χ4n) is 3.57. The van der Waals surface area contributed by atoms with E-state index in [1.165, 1.54) is 4.90 Å². The van der Waals surface area contributed by atoms with E-state index in [0.717, 1.165) is 24.1 Å². The van der Waals surface area contributed by atoms with Crippen molar-refractivity contribution in [2.24, 2.45) is 0 Å². The Morgan fingerprint density at radius 3 is 2.33 bits per heavy atom. The topological polar surface area (TPSA) is 70.2 Å². The molecule has 2 aromatic rings. The molecular weight excluding hydrogens is 483 g/mol. The van der Waals surface area contributed by atoms with Crippen LogP contribution in [0.2, 0.25) is 5.02 Å². The van der Waals surface area contributed by atoms with Gasteiger partial charge in [0.05, 0.1) is 35.3 Å². The maximum Gasteiger partial charge on any atom is 0.416 e. The second kappa shape index (κ2) is 9.68. The van der Waals surface area contributed by atoms with Gasteiger partial charge >= 0.3 is 6.18 Å². The van der Waals surface area contributed by atoms with E-state index in [0.29, 0.717) is 42.3 Å². The number of rotatable bonds is 6. The zero-order valence-corrected chi connectivity index (χ0v) is 19.5. The number of carbonyl (C=O) groups excluding carboxylic acids is 1. The smallest absolute Gasteiger partial charge is 0.416 e. The van der Waals surface area contributed by atoms with Gasteiger partial charge in [-0.2, -0.15) is 13.2 Å². The van der Waals surface area contributed by atoms with E-state index in [4.69, 9.17) is 16.3 Å². The maximum atomic E-state index is 13.1. The number of hydrogen-bond acceptors (Lipinski definition) is 5. The van der Waals surface area contributed by atoms with Gasteiger partial charge < -0.3 is 14.5 Å². The minimum Gasteiger partial charge on any atom is -0.495 e. The summed E-state index contributed by atoms with van der Waals surface area (Å²) in [5.74, 6) is 0.160. The monoisotopic (exact) mass is 505 g/mol. The second-order valence-electron chi connectivity index (χ2n) is 7.47. The predicted octanol–water partition coefficient (Wildman–Crippen LogP) is 3.48. The second-order valence-corrected chi connectivity index (χ2v) is 9.79. The van der Waals surface area contributed by atoms with E-state index in [1.807, 2.05) is 29.2 Å². The molecule has 180 valence electrons. The lowest BCUT2D eigenvalue weighted by molar-refractivity contribution is -0.137. The molecule has 0 saturated carbocycles. The summed E-state index contributed by atoms with van der Waals surface area (Å²) in [5.41, 5.74) is -0.580. The Kier molecular flexibility index (Phi) is 7.32. The average Bonchev–Trinajstić information content (AvgIpc) is 2.76. The highest BCUT2D eigenvalue weighted by Crippen LogP contribution is 2.36. The number of amides is 1. The molecule has 0 aliphatic carbocycles. The number of nitrogens with zero attached hydrogens (tertiary/aromatic N) is 3. The number of hydrogen-bond donors (Lipinski definition) is 0. The molecule has 33 heavy (non-hydrogen) atoms. The lowest BCUT2D eigenvalue weighted by atomic mass is 10.2. The number of alkyl halides is 3. The molecule has 12 heteroatoms. The van der Waals surface area contributed by atoms with Crippen molar-refractivity contribution in [3.63, 3.8) is 0 Å². The molecule has 0 spiro atoms. The normalized spacial score (nSPS) is 14.8. The van der Waals surface area contributed by atoms with E-state index in [2.05, 4.69) is 0 Å². The van der Waals surface area contributed by atoms with Crippen LogP contribution in [0.3, 0.4) is 0 Å². The van der Waals surface area contributed by atoms with Crippen LogP contribution in [-0.2, 0) is 21.0 Å². The summed E-state index contributed by atoms with van der Waals surface area (Å²) in [6.45, 7) is 0.925. The molecule has 1 fully saturated rings.